The Kier molecular flexibility index (Phi) is 4.86. The maximum Gasteiger partial charge on any atom is 0.269 e. The molecule has 9 heteroatoms. The lowest BCUT2D eigenvalue weighted by Gasteiger charge is -2.04. The Morgan fingerprint density at radius 3 is 2.32 bits per heavy atom. The first-order chi connectivity index (χ1) is 11.9. The number of aromatic nitrogens is 3. The first-order valence-corrected chi connectivity index (χ1v) is 9.03. The zero-order valence-corrected chi connectivity index (χ0v) is 15.4. The molecule has 3 rings (SSSR count). The monoisotopic (exact) mass is 373 g/mol. The molecule has 3 aromatic rings. The van der Waals surface area contributed by atoms with E-state index >= 15 is 0 Å². The van der Waals surface area contributed by atoms with Crippen molar-refractivity contribution in [2.24, 2.45) is 0 Å². The lowest BCUT2D eigenvalue weighted by molar-refractivity contribution is 0.101. The zero-order valence-electron chi connectivity index (χ0n) is 13.8. The van der Waals surface area contributed by atoms with Gasteiger partial charge >= 0.3 is 0 Å². The van der Waals surface area contributed by atoms with Crippen molar-refractivity contribution < 1.29 is 9.59 Å². The molecule has 0 unspecified atom stereocenters. The molecule has 0 saturated carbocycles. The molecular formula is C16H15N5O2S2. The Labute approximate surface area is 152 Å². The van der Waals surface area contributed by atoms with Gasteiger partial charge in [0, 0.05) is 5.56 Å². The predicted molar refractivity (Wildman–Crippen MR) is 98.6 cm³/mol. The van der Waals surface area contributed by atoms with Crippen LogP contribution in [0.5, 0.6) is 0 Å². The number of hydrogen-bond acceptors (Lipinski definition) is 7. The van der Waals surface area contributed by atoms with E-state index in [4.69, 9.17) is 0 Å². The second-order valence-corrected chi connectivity index (χ2v) is 7.46. The molecule has 0 bridgehead atoms. The fourth-order valence-corrected chi connectivity index (χ4v) is 3.60. The molecule has 0 aliphatic carbocycles. The van der Waals surface area contributed by atoms with E-state index in [0.717, 1.165) is 21.9 Å². The van der Waals surface area contributed by atoms with Gasteiger partial charge in [0.1, 0.15) is 9.88 Å². The molecule has 25 heavy (non-hydrogen) atoms. The van der Waals surface area contributed by atoms with Gasteiger partial charge in [-0.2, -0.15) is 0 Å². The fraction of sp³-hybridized carbons (Fsp3) is 0.188. The highest BCUT2D eigenvalue weighted by Gasteiger charge is 2.18. The van der Waals surface area contributed by atoms with Crippen LogP contribution in [-0.4, -0.2) is 27.0 Å². The number of amides is 2. The van der Waals surface area contributed by atoms with Crippen LogP contribution in [0.15, 0.2) is 24.3 Å². The number of hydrogen-bond donors (Lipinski definition) is 2. The van der Waals surface area contributed by atoms with Crippen LogP contribution in [0, 0.1) is 20.8 Å². The van der Waals surface area contributed by atoms with Crippen molar-refractivity contribution in [1.29, 1.82) is 0 Å². The lowest BCUT2D eigenvalue weighted by Crippen LogP contribution is -2.13. The van der Waals surface area contributed by atoms with Crippen LogP contribution in [0.4, 0.5) is 10.3 Å². The summed E-state index contributed by atoms with van der Waals surface area (Å²) in [6, 6.07) is 7.29. The standard InChI is InChI=1S/C16H15N5O2S2/c1-8-6-4-5-7-11(8)13(22)18-15-17-9(2)12(25-15)14(23)19-16-21-20-10(3)24-16/h4-7H,1-3H3,(H,17,18,22)(H,19,21,23). The third kappa shape index (κ3) is 3.89. The van der Waals surface area contributed by atoms with Crippen molar-refractivity contribution in [2.75, 3.05) is 10.6 Å². The molecule has 2 amide bonds. The molecule has 1 aromatic carbocycles. The van der Waals surface area contributed by atoms with Gasteiger partial charge in [0.15, 0.2) is 5.13 Å². The van der Waals surface area contributed by atoms with Crippen molar-refractivity contribution in [3.63, 3.8) is 0 Å². The molecule has 0 spiro atoms. The Bertz CT molecular complexity index is 948. The highest BCUT2D eigenvalue weighted by molar-refractivity contribution is 7.18. The highest BCUT2D eigenvalue weighted by atomic mass is 32.1. The van der Waals surface area contributed by atoms with E-state index in [9.17, 15) is 9.59 Å². The SMILES string of the molecule is Cc1nnc(NC(=O)c2sc(NC(=O)c3ccccc3C)nc2C)s1. The maximum absolute atomic E-state index is 12.4. The summed E-state index contributed by atoms with van der Waals surface area (Å²) in [5.74, 6) is -0.568. The van der Waals surface area contributed by atoms with E-state index in [-0.39, 0.29) is 11.8 Å². The van der Waals surface area contributed by atoms with E-state index < -0.39 is 0 Å². The average molecular weight is 373 g/mol. The third-order valence-electron chi connectivity index (χ3n) is 3.36. The largest absolute Gasteiger partial charge is 0.298 e. The molecule has 0 atom stereocenters. The summed E-state index contributed by atoms with van der Waals surface area (Å²) in [5.41, 5.74) is 1.99. The summed E-state index contributed by atoms with van der Waals surface area (Å²) in [4.78, 5) is 29.4. The molecule has 2 aromatic heterocycles. The quantitative estimate of drug-likeness (QED) is 0.730. The van der Waals surface area contributed by atoms with E-state index in [1.165, 1.54) is 11.3 Å². The molecule has 0 aliphatic heterocycles. The van der Waals surface area contributed by atoms with Crippen LogP contribution in [-0.2, 0) is 0 Å². The number of rotatable bonds is 4. The molecular weight excluding hydrogens is 358 g/mol. The molecule has 0 radical (unpaired) electrons. The first-order valence-electron chi connectivity index (χ1n) is 7.40. The summed E-state index contributed by atoms with van der Waals surface area (Å²) < 4.78 is 0. The van der Waals surface area contributed by atoms with Crippen molar-refractivity contribution in [1.82, 2.24) is 15.2 Å². The van der Waals surface area contributed by atoms with E-state index in [2.05, 4.69) is 25.8 Å². The van der Waals surface area contributed by atoms with Crippen LogP contribution >= 0.6 is 22.7 Å². The zero-order chi connectivity index (χ0) is 18.0. The van der Waals surface area contributed by atoms with Gasteiger partial charge in [0.2, 0.25) is 5.13 Å². The molecule has 0 aliphatic rings. The van der Waals surface area contributed by atoms with Gasteiger partial charge in [0.05, 0.1) is 5.69 Å². The fourth-order valence-electron chi connectivity index (χ4n) is 2.15. The van der Waals surface area contributed by atoms with Crippen molar-refractivity contribution in [2.45, 2.75) is 20.8 Å². The normalized spacial score (nSPS) is 10.5. The number of benzene rings is 1. The second-order valence-electron chi connectivity index (χ2n) is 5.28. The third-order valence-corrected chi connectivity index (χ3v) is 5.19. The van der Waals surface area contributed by atoms with Crippen LogP contribution in [0.2, 0.25) is 0 Å². The number of thiazole rings is 1. The summed E-state index contributed by atoms with van der Waals surface area (Å²) in [7, 11) is 0. The van der Waals surface area contributed by atoms with E-state index in [1.807, 2.05) is 26.0 Å². The topological polar surface area (TPSA) is 96.9 Å². The van der Waals surface area contributed by atoms with Gasteiger partial charge in [0.25, 0.3) is 11.8 Å². The summed E-state index contributed by atoms with van der Waals surface area (Å²) in [5, 5.41) is 14.7. The molecule has 0 fully saturated rings. The molecule has 2 N–H and O–H groups in total. The number of nitrogens with one attached hydrogen (secondary N) is 2. The van der Waals surface area contributed by atoms with Gasteiger partial charge in [-0.25, -0.2) is 4.98 Å². The minimum Gasteiger partial charge on any atom is -0.298 e. The van der Waals surface area contributed by atoms with Crippen LogP contribution in [0.3, 0.4) is 0 Å². The maximum atomic E-state index is 12.4. The smallest absolute Gasteiger partial charge is 0.269 e. The molecule has 2 heterocycles. The van der Waals surface area contributed by atoms with Gasteiger partial charge in [-0.1, -0.05) is 40.9 Å². The number of anilines is 2. The summed E-state index contributed by atoms with van der Waals surface area (Å²) in [6.45, 7) is 5.40. The van der Waals surface area contributed by atoms with Gasteiger partial charge in [-0.05, 0) is 32.4 Å². The minimum absolute atomic E-state index is 0.251. The number of aryl methyl sites for hydroxylation is 3. The molecule has 0 saturated heterocycles. The number of carbonyl (C=O) groups excluding carboxylic acids is 2. The Hall–Kier alpha value is -2.65. The molecule has 128 valence electrons. The Morgan fingerprint density at radius 1 is 0.920 bits per heavy atom. The molecule has 7 nitrogen and oxygen atoms in total. The van der Waals surface area contributed by atoms with Crippen molar-refractivity contribution in [3.8, 4) is 0 Å². The van der Waals surface area contributed by atoms with Crippen molar-refractivity contribution in [3.05, 3.63) is 51.0 Å². The van der Waals surface area contributed by atoms with Gasteiger partial charge < -0.3 is 0 Å². The van der Waals surface area contributed by atoms with E-state index in [1.54, 1.807) is 19.1 Å². The first kappa shape index (κ1) is 17.2. The van der Waals surface area contributed by atoms with Gasteiger partial charge in [-0.3, -0.25) is 20.2 Å². The van der Waals surface area contributed by atoms with Crippen LogP contribution in [0.25, 0.3) is 0 Å². The number of carbonyl (C=O) groups is 2. The average Bonchev–Trinajstić information content (AvgIpc) is 3.13. The van der Waals surface area contributed by atoms with Crippen molar-refractivity contribution >= 4 is 44.8 Å². The Balaban J connectivity index is 1.75. The Morgan fingerprint density at radius 2 is 1.64 bits per heavy atom. The number of nitrogens with zero attached hydrogens (tertiary/aromatic N) is 3. The van der Waals surface area contributed by atoms with Crippen LogP contribution in [0.1, 0.15) is 36.3 Å². The highest BCUT2D eigenvalue weighted by Crippen LogP contribution is 2.25. The van der Waals surface area contributed by atoms with E-state index in [0.29, 0.717) is 26.4 Å². The van der Waals surface area contributed by atoms with Crippen LogP contribution < -0.4 is 10.6 Å². The minimum atomic E-state index is -0.317. The lowest BCUT2D eigenvalue weighted by atomic mass is 10.1. The summed E-state index contributed by atoms with van der Waals surface area (Å²) >= 11 is 2.42. The summed E-state index contributed by atoms with van der Waals surface area (Å²) in [6.07, 6.45) is 0. The predicted octanol–water partition coefficient (Wildman–Crippen LogP) is 3.42. The van der Waals surface area contributed by atoms with Gasteiger partial charge in [-0.15, -0.1) is 10.2 Å². The second kappa shape index (κ2) is 7.08.